The van der Waals surface area contributed by atoms with Gasteiger partial charge in [-0.15, -0.1) is 0 Å². The summed E-state index contributed by atoms with van der Waals surface area (Å²) in [6, 6.07) is 0. The van der Waals surface area contributed by atoms with E-state index in [4.69, 9.17) is 0 Å². The van der Waals surface area contributed by atoms with Crippen molar-refractivity contribution in [2.45, 2.75) is 103 Å². The molecule has 0 nitrogen and oxygen atoms in total. The highest BCUT2D eigenvalue weighted by Crippen LogP contribution is 2.36. The fourth-order valence-corrected chi connectivity index (χ4v) is 5.17. The van der Waals surface area contributed by atoms with Crippen molar-refractivity contribution in [2.24, 2.45) is 29.6 Å². The summed E-state index contributed by atoms with van der Waals surface area (Å²) in [5.74, 6) is 11.9. The Hall–Kier alpha value is -0.440. The van der Waals surface area contributed by atoms with Gasteiger partial charge in [-0.25, -0.2) is 0 Å². The second kappa shape index (κ2) is 9.15. The molecule has 3 aliphatic rings. The van der Waals surface area contributed by atoms with Gasteiger partial charge in [-0.05, 0) is 56.3 Å². The van der Waals surface area contributed by atoms with E-state index in [0.717, 1.165) is 29.6 Å². The van der Waals surface area contributed by atoms with E-state index in [1.54, 1.807) is 0 Å². The number of hydrogen-bond acceptors (Lipinski definition) is 0. The van der Waals surface area contributed by atoms with Crippen LogP contribution in [0.3, 0.4) is 0 Å². The molecule has 0 radical (unpaired) electrons. The lowest BCUT2D eigenvalue weighted by molar-refractivity contribution is 0.235. The van der Waals surface area contributed by atoms with Crippen molar-refractivity contribution in [1.82, 2.24) is 0 Å². The number of rotatable bonds is 3. The van der Waals surface area contributed by atoms with Crippen LogP contribution < -0.4 is 0 Å². The van der Waals surface area contributed by atoms with E-state index < -0.39 is 0 Å². The Labute approximate surface area is 145 Å². The van der Waals surface area contributed by atoms with Crippen molar-refractivity contribution in [3.05, 3.63) is 0 Å². The summed E-state index contributed by atoms with van der Waals surface area (Å²) in [4.78, 5) is 0. The summed E-state index contributed by atoms with van der Waals surface area (Å²) >= 11 is 0. The normalized spacial score (nSPS) is 36.2. The third-order valence-corrected chi connectivity index (χ3v) is 7.06. The molecule has 3 rings (SSSR count). The smallest absolute Gasteiger partial charge is 0.0203 e. The molecule has 0 heteroatoms. The molecule has 0 heterocycles. The third kappa shape index (κ3) is 5.85. The average molecular weight is 315 g/mol. The van der Waals surface area contributed by atoms with Crippen LogP contribution in [0, 0.1) is 41.4 Å². The van der Waals surface area contributed by atoms with Crippen LogP contribution in [0.15, 0.2) is 0 Å². The maximum absolute atomic E-state index is 3.67. The fourth-order valence-electron chi connectivity index (χ4n) is 5.17. The molecule has 23 heavy (non-hydrogen) atoms. The first-order valence-corrected chi connectivity index (χ1v) is 10.8. The Morgan fingerprint density at radius 1 is 0.565 bits per heavy atom. The average Bonchev–Trinajstić information content (AvgIpc) is 2.61. The summed E-state index contributed by atoms with van der Waals surface area (Å²) in [6.45, 7) is 2.44. The Kier molecular flexibility index (Phi) is 6.92. The van der Waals surface area contributed by atoms with Gasteiger partial charge in [0.05, 0.1) is 0 Å². The van der Waals surface area contributed by atoms with Gasteiger partial charge in [-0.1, -0.05) is 76.6 Å². The lowest BCUT2D eigenvalue weighted by atomic mass is 9.76. The molecule has 3 aliphatic carbocycles. The Bertz CT molecular complexity index is 376. The fraction of sp³-hybridized carbons (Fsp3) is 0.913. The Morgan fingerprint density at radius 2 is 1.04 bits per heavy atom. The maximum Gasteiger partial charge on any atom is 0.0203 e. The van der Waals surface area contributed by atoms with Gasteiger partial charge in [-0.2, -0.15) is 0 Å². The molecule has 3 fully saturated rings. The van der Waals surface area contributed by atoms with Gasteiger partial charge in [0, 0.05) is 11.8 Å². The van der Waals surface area contributed by atoms with E-state index >= 15 is 0 Å². The molecule has 0 amide bonds. The molecule has 0 bridgehead atoms. The topological polar surface area (TPSA) is 0 Å². The molecule has 0 aromatic carbocycles. The third-order valence-electron chi connectivity index (χ3n) is 7.06. The monoisotopic (exact) mass is 314 g/mol. The Morgan fingerprint density at radius 3 is 1.61 bits per heavy atom. The first-order chi connectivity index (χ1) is 11.3. The minimum absolute atomic E-state index is 0.740. The Balaban J connectivity index is 1.31. The molecule has 130 valence electrons. The summed E-state index contributed by atoms with van der Waals surface area (Å²) in [6.07, 6.45) is 21.8. The van der Waals surface area contributed by atoms with Gasteiger partial charge in [0.15, 0.2) is 0 Å². The standard InChI is InChI=1S/C23H38/c1-19-7-9-21(10-8-19)13-14-23-17-15-22(16-18-23)12-11-20-5-3-2-4-6-20/h19-23H,2-10,13-18H2,1H3. The molecule has 0 aromatic rings. The molecular weight excluding hydrogens is 276 g/mol. The van der Waals surface area contributed by atoms with E-state index in [2.05, 4.69) is 18.8 Å². The molecule has 0 saturated heterocycles. The highest BCUT2D eigenvalue weighted by atomic mass is 14.3. The SMILES string of the molecule is CC1CCC(CCC2CCC(C#CC3CCCCC3)CC2)CC1. The van der Waals surface area contributed by atoms with Gasteiger partial charge in [0.1, 0.15) is 0 Å². The first kappa shape index (κ1) is 17.4. The molecule has 0 N–H and O–H groups in total. The summed E-state index contributed by atoms with van der Waals surface area (Å²) in [5, 5.41) is 0. The molecule has 0 aromatic heterocycles. The summed E-state index contributed by atoms with van der Waals surface area (Å²) in [7, 11) is 0. The van der Waals surface area contributed by atoms with Crippen LogP contribution in [0.25, 0.3) is 0 Å². The molecule has 3 saturated carbocycles. The van der Waals surface area contributed by atoms with Crippen molar-refractivity contribution in [1.29, 1.82) is 0 Å². The highest BCUT2D eigenvalue weighted by Gasteiger charge is 2.23. The predicted molar refractivity (Wildman–Crippen MR) is 100 cm³/mol. The van der Waals surface area contributed by atoms with Gasteiger partial charge in [0.25, 0.3) is 0 Å². The van der Waals surface area contributed by atoms with Crippen LogP contribution in [-0.4, -0.2) is 0 Å². The van der Waals surface area contributed by atoms with E-state index in [9.17, 15) is 0 Å². The minimum Gasteiger partial charge on any atom is -0.0996 e. The maximum atomic E-state index is 3.67. The molecule has 0 spiro atoms. The number of hydrogen-bond donors (Lipinski definition) is 0. The zero-order valence-corrected chi connectivity index (χ0v) is 15.5. The van der Waals surface area contributed by atoms with Gasteiger partial charge in [0.2, 0.25) is 0 Å². The molecule has 0 unspecified atom stereocenters. The highest BCUT2D eigenvalue weighted by molar-refractivity contribution is 5.08. The zero-order valence-electron chi connectivity index (χ0n) is 15.5. The van der Waals surface area contributed by atoms with Crippen LogP contribution in [0.5, 0.6) is 0 Å². The van der Waals surface area contributed by atoms with E-state index in [1.165, 1.54) is 96.3 Å². The van der Waals surface area contributed by atoms with Gasteiger partial charge in [-0.3, -0.25) is 0 Å². The van der Waals surface area contributed by atoms with Crippen LogP contribution in [0.1, 0.15) is 103 Å². The van der Waals surface area contributed by atoms with Crippen molar-refractivity contribution in [3.8, 4) is 11.8 Å². The zero-order chi connectivity index (χ0) is 15.9. The van der Waals surface area contributed by atoms with E-state index in [-0.39, 0.29) is 0 Å². The lowest BCUT2D eigenvalue weighted by Crippen LogP contribution is -2.17. The minimum atomic E-state index is 0.740. The van der Waals surface area contributed by atoms with Gasteiger partial charge >= 0.3 is 0 Å². The molecular formula is C23H38. The second-order valence-electron chi connectivity index (χ2n) is 9.04. The largest absolute Gasteiger partial charge is 0.0996 e. The van der Waals surface area contributed by atoms with Crippen molar-refractivity contribution in [2.75, 3.05) is 0 Å². The second-order valence-corrected chi connectivity index (χ2v) is 9.04. The van der Waals surface area contributed by atoms with E-state index in [1.807, 2.05) is 0 Å². The summed E-state index contributed by atoms with van der Waals surface area (Å²) < 4.78 is 0. The van der Waals surface area contributed by atoms with Crippen LogP contribution in [-0.2, 0) is 0 Å². The predicted octanol–water partition coefficient (Wildman–Crippen LogP) is 6.98. The van der Waals surface area contributed by atoms with Crippen LogP contribution in [0.2, 0.25) is 0 Å². The molecule has 0 aliphatic heterocycles. The lowest BCUT2D eigenvalue weighted by Gasteiger charge is -2.30. The first-order valence-electron chi connectivity index (χ1n) is 10.8. The van der Waals surface area contributed by atoms with Crippen LogP contribution >= 0.6 is 0 Å². The van der Waals surface area contributed by atoms with E-state index in [0.29, 0.717) is 0 Å². The molecule has 0 atom stereocenters. The van der Waals surface area contributed by atoms with Crippen molar-refractivity contribution in [3.63, 3.8) is 0 Å². The van der Waals surface area contributed by atoms with Crippen molar-refractivity contribution >= 4 is 0 Å². The summed E-state index contributed by atoms with van der Waals surface area (Å²) in [5.41, 5.74) is 0. The van der Waals surface area contributed by atoms with Gasteiger partial charge < -0.3 is 0 Å². The van der Waals surface area contributed by atoms with Crippen LogP contribution in [0.4, 0.5) is 0 Å². The quantitative estimate of drug-likeness (QED) is 0.493. The van der Waals surface area contributed by atoms with Crippen molar-refractivity contribution < 1.29 is 0 Å².